The van der Waals surface area contributed by atoms with Gasteiger partial charge in [0.05, 0.1) is 5.69 Å². The van der Waals surface area contributed by atoms with Crippen LogP contribution in [0.1, 0.15) is 54.6 Å². The zero-order valence-corrected chi connectivity index (χ0v) is 20.3. The highest BCUT2D eigenvalue weighted by Gasteiger charge is 2.26. The molecular formula is C28H29N5O2. The van der Waals surface area contributed by atoms with E-state index in [-0.39, 0.29) is 11.5 Å². The van der Waals surface area contributed by atoms with Gasteiger partial charge in [-0.25, -0.2) is 0 Å². The van der Waals surface area contributed by atoms with Crippen LogP contribution in [-0.2, 0) is 0 Å². The number of aromatic nitrogens is 4. The third kappa shape index (κ3) is 3.53. The average molecular weight is 468 g/mol. The number of nitrogens with one attached hydrogen (secondary N) is 1. The summed E-state index contributed by atoms with van der Waals surface area (Å²) in [6.45, 7) is 7.94. The van der Waals surface area contributed by atoms with Crippen LogP contribution in [0.3, 0.4) is 0 Å². The lowest BCUT2D eigenvalue weighted by Crippen LogP contribution is -2.30. The summed E-state index contributed by atoms with van der Waals surface area (Å²) in [5, 5.41) is 9.94. The topological polar surface area (TPSA) is 79.4 Å². The monoisotopic (exact) mass is 467 g/mol. The Morgan fingerprint density at radius 1 is 1.03 bits per heavy atom. The Hall–Kier alpha value is -3.87. The van der Waals surface area contributed by atoms with Crippen molar-refractivity contribution in [1.82, 2.24) is 19.8 Å². The van der Waals surface area contributed by atoms with Crippen LogP contribution in [0.5, 0.6) is 0 Å². The Balaban J connectivity index is 1.54. The number of aryl methyl sites for hydroxylation is 2. The molecule has 1 saturated heterocycles. The molecule has 1 fully saturated rings. The maximum atomic E-state index is 14.0. The van der Waals surface area contributed by atoms with Crippen molar-refractivity contribution in [1.29, 1.82) is 0 Å². The van der Waals surface area contributed by atoms with E-state index >= 15 is 0 Å². The normalized spacial score (nSPS) is 15.2. The molecule has 0 radical (unpaired) electrons. The zero-order chi connectivity index (χ0) is 24.1. The van der Waals surface area contributed by atoms with E-state index < -0.39 is 0 Å². The first kappa shape index (κ1) is 21.6. The summed E-state index contributed by atoms with van der Waals surface area (Å²) < 4.78 is 6.95. The summed E-state index contributed by atoms with van der Waals surface area (Å²) in [6, 6.07) is 16.2. The van der Waals surface area contributed by atoms with Crippen molar-refractivity contribution < 1.29 is 4.52 Å². The molecule has 1 aliphatic rings. The Bertz CT molecular complexity index is 1590. The van der Waals surface area contributed by atoms with Gasteiger partial charge < -0.3 is 14.4 Å². The summed E-state index contributed by atoms with van der Waals surface area (Å²) in [6.07, 6.45) is 3.53. The molecule has 1 aliphatic heterocycles. The van der Waals surface area contributed by atoms with Crippen LogP contribution in [0.2, 0.25) is 0 Å². The Morgan fingerprint density at radius 3 is 2.57 bits per heavy atom. The predicted molar refractivity (Wildman–Crippen MR) is 138 cm³/mol. The number of hydrogen-bond acceptors (Lipinski definition) is 5. The minimum atomic E-state index is -0.121. The van der Waals surface area contributed by atoms with E-state index in [2.05, 4.69) is 40.2 Å². The minimum absolute atomic E-state index is 0.0775. The van der Waals surface area contributed by atoms with E-state index in [4.69, 9.17) is 9.62 Å². The molecule has 6 rings (SSSR count). The molecule has 1 N–H and O–H groups in total. The zero-order valence-electron chi connectivity index (χ0n) is 20.3. The maximum Gasteiger partial charge on any atom is 0.278 e. The molecule has 0 saturated carbocycles. The van der Waals surface area contributed by atoms with Crippen molar-refractivity contribution in [3.63, 3.8) is 0 Å². The predicted octanol–water partition coefficient (Wildman–Crippen LogP) is 5.59. The molecular weight excluding hydrogens is 438 g/mol. The molecule has 0 bridgehead atoms. The van der Waals surface area contributed by atoms with Crippen LogP contribution >= 0.6 is 0 Å². The number of anilines is 1. The fourth-order valence-corrected chi connectivity index (χ4v) is 5.42. The first-order chi connectivity index (χ1) is 17.0. The lowest BCUT2D eigenvalue weighted by Gasteiger charge is -2.28. The number of rotatable bonds is 4. The van der Waals surface area contributed by atoms with Gasteiger partial charge in [0, 0.05) is 41.2 Å². The van der Waals surface area contributed by atoms with Gasteiger partial charge >= 0.3 is 0 Å². The number of hydrogen-bond donors (Lipinski definition) is 1. The highest BCUT2D eigenvalue weighted by molar-refractivity contribution is 5.86. The van der Waals surface area contributed by atoms with Crippen molar-refractivity contribution in [3.05, 3.63) is 81.4 Å². The van der Waals surface area contributed by atoms with E-state index in [1.165, 1.54) is 6.42 Å². The standard InChI is InChI=1S/C28H29N5O2/c1-17(21-12-13-23-22(16-21)18(2)31-35-23)24-19(3)29-27-26(32-14-8-5-9-15-32)25(30-33(27)28(24)34)20-10-6-4-7-11-20/h4,6-7,10-13,16-17,29H,5,8-9,14-15H2,1-3H3/t17-/m0/s1. The number of H-pyrrole nitrogens is 1. The SMILES string of the molecule is Cc1[nH]c2c(N3CCCCC3)c(-c3ccccc3)nn2c(=O)c1[C@@H](C)c1ccc2onc(C)c2c1. The third-order valence-electron chi connectivity index (χ3n) is 7.32. The van der Waals surface area contributed by atoms with Crippen molar-refractivity contribution >= 4 is 22.3 Å². The summed E-state index contributed by atoms with van der Waals surface area (Å²) >= 11 is 0. The molecule has 1 atom stereocenters. The van der Waals surface area contributed by atoms with E-state index in [1.54, 1.807) is 4.52 Å². The fourth-order valence-electron chi connectivity index (χ4n) is 5.42. The molecule has 7 nitrogen and oxygen atoms in total. The fraction of sp³-hybridized carbons (Fsp3) is 0.321. The molecule has 0 amide bonds. The van der Waals surface area contributed by atoms with E-state index in [0.717, 1.165) is 82.0 Å². The summed E-state index contributed by atoms with van der Waals surface area (Å²) in [5.74, 6) is -0.121. The largest absolute Gasteiger partial charge is 0.367 e. The molecule has 7 heteroatoms. The molecule has 0 aliphatic carbocycles. The van der Waals surface area contributed by atoms with Crippen molar-refractivity contribution in [2.45, 2.75) is 46.0 Å². The summed E-state index contributed by atoms with van der Waals surface area (Å²) in [7, 11) is 0. The van der Waals surface area contributed by atoms with Gasteiger partial charge in [0.1, 0.15) is 11.4 Å². The summed E-state index contributed by atoms with van der Waals surface area (Å²) in [4.78, 5) is 19.9. The lowest BCUT2D eigenvalue weighted by atomic mass is 9.92. The number of nitrogens with zero attached hydrogens (tertiary/aromatic N) is 4. The van der Waals surface area contributed by atoms with Gasteiger partial charge in [-0.1, -0.05) is 48.5 Å². The van der Waals surface area contributed by atoms with E-state index in [0.29, 0.717) is 0 Å². The number of benzene rings is 2. The van der Waals surface area contributed by atoms with Gasteiger partial charge in [-0.15, -0.1) is 0 Å². The second-order valence-electron chi connectivity index (χ2n) is 9.59. The van der Waals surface area contributed by atoms with Crippen molar-refractivity contribution in [2.24, 2.45) is 0 Å². The van der Waals surface area contributed by atoms with Crippen LogP contribution in [0.15, 0.2) is 57.8 Å². The van der Waals surface area contributed by atoms with E-state index in [9.17, 15) is 4.79 Å². The van der Waals surface area contributed by atoms with Crippen LogP contribution < -0.4 is 10.5 Å². The third-order valence-corrected chi connectivity index (χ3v) is 7.32. The van der Waals surface area contributed by atoms with Crippen molar-refractivity contribution in [2.75, 3.05) is 18.0 Å². The van der Waals surface area contributed by atoms with Crippen LogP contribution in [0.4, 0.5) is 5.69 Å². The van der Waals surface area contributed by atoms with Gasteiger partial charge in [-0.2, -0.15) is 9.61 Å². The van der Waals surface area contributed by atoms with Gasteiger partial charge in [-0.05, 0) is 50.8 Å². The lowest BCUT2D eigenvalue weighted by molar-refractivity contribution is 0.450. The molecule has 3 aromatic heterocycles. The smallest absolute Gasteiger partial charge is 0.278 e. The molecule has 0 unspecified atom stereocenters. The first-order valence-corrected chi connectivity index (χ1v) is 12.3. The van der Waals surface area contributed by atoms with Crippen molar-refractivity contribution in [3.8, 4) is 11.3 Å². The average Bonchev–Trinajstić information content (AvgIpc) is 3.45. The Labute approximate surface area is 203 Å². The van der Waals surface area contributed by atoms with Gasteiger partial charge in [0.15, 0.2) is 11.2 Å². The highest BCUT2D eigenvalue weighted by atomic mass is 16.5. The Morgan fingerprint density at radius 2 is 1.80 bits per heavy atom. The molecule has 0 spiro atoms. The molecule has 35 heavy (non-hydrogen) atoms. The van der Waals surface area contributed by atoms with Crippen LogP contribution in [0, 0.1) is 13.8 Å². The maximum absolute atomic E-state index is 14.0. The molecule has 4 heterocycles. The molecule has 178 valence electrons. The molecule has 2 aromatic carbocycles. The van der Waals surface area contributed by atoms with Crippen LogP contribution in [-0.4, -0.2) is 32.8 Å². The second-order valence-corrected chi connectivity index (χ2v) is 9.59. The quantitative estimate of drug-likeness (QED) is 0.373. The second kappa shape index (κ2) is 8.41. The molecule has 5 aromatic rings. The van der Waals surface area contributed by atoms with E-state index in [1.807, 2.05) is 44.2 Å². The van der Waals surface area contributed by atoms with Gasteiger partial charge in [-0.3, -0.25) is 4.79 Å². The number of fused-ring (bicyclic) bond motifs is 2. The Kier molecular flexibility index (Phi) is 5.20. The highest BCUT2D eigenvalue weighted by Crippen LogP contribution is 2.36. The number of aromatic amines is 1. The van der Waals surface area contributed by atoms with Crippen LogP contribution in [0.25, 0.3) is 27.9 Å². The summed E-state index contributed by atoms with van der Waals surface area (Å²) in [5.41, 5.74) is 7.83. The van der Waals surface area contributed by atoms with Gasteiger partial charge in [0.25, 0.3) is 5.56 Å². The minimum Gasteiger partial charge on any atom is -0.367 e. The van der Waals surface area contributed by atoms with Gasteiger partial charge in [0.2, 0.25) is 0 Å². The number of piperidine rings is 1. The first-order valence-electron chi connectivity index (χ1n) is 12.3.